The molecule has 1 aromatic heterocycles. The predicted octanol–water partition coefficient (Wildman–Crippen LogP) is 3.95. The summed E-state index contributed by atoms with van der Waals surface area (Å²) in [4.78, 5) is 12.7. The third-order valence-corrected chi connectivity index (χ3v) is 5.71. The van der Waals surface area contributed by atoms with Crippen molar-refractivity contribution in [1.29, 1.82) is 0 Å². The lowest BCUT2D eigenvalue weighted by atomic mass is 9.96. The summed E-state index contributed by atoms with van der Waals surface area (Å²) in [6.07, 6.45) is 6.75. The molecule has 2 aliphatic rings. The van der Waals surface area contributed by atoms with E-state index < -0.39 is 4.92 Å². The topological polar surface area (TPSA) is 77.1 Å². The molecule has 8 heteroatoms. The zero-order valence-corrected chi connectivity index (χ0v) is 15.4. The minimum absolute atomic E-state index is 0.0232. The maximum Gasteiger partial charge on any atom is 0.271 e. The van der Waals surface area contributed by atoms with Crippen molar-refractivity contribution in [2.75, 3.05) is 18.0 Å². The van der Waals surface area contributed by atoms with Crippen LogP contribution in [0.25, 0.3) is 0 Å². The molecule has 0 saturated carbocycles. The van der Waals surface area contributed by atoms with E-state index >= 15 is 0 Å². The van der Waals surface area contributed by atoms with Gasteiger partial charge in [-0.25, -0.2) is 0 Å². The summed E-state index contributed by atoms with van der Waals surface area (Å²) in [7, 11) is 0. The predicted molar refractivity (Wildman–Crippen MR) is 99.9 cm³/mol. The molecule has 138 valence electrons. The van der Waals surface area contributed by atoms with Crippen LogP contribution < -0.4 is 4.90 Å². The van der Waals surface area contributed by atoms with Crippen LogP contribution >= 0.6 is 11.6 Å². The number of aryl methyl sites for hydroxylation is 1. The monoisotopic (exact) mass is 375 g/mol. The Morgan fingerprint density at radius 1 is 1.15 bits per heavy atom. The van der Waals surface area contributed by atoms with Crippen LogP contribution in [0.15, 0.2) is 18.2 Å². The van der Waals surface area contributed by atoms with E-state index in [4.69, 9.17) is 11.6 Å². The minimum atomic E-state index is -0.417. The summed E-state index contributed by atoms with van der Waals surface area (Å²) in [6, 6.07) is 4.71. The van der Waals surface area contributed by atoms with Crippen LogP contribution in [-0.4, -0.2) is 32.8 Å². The first-order valence-corrected chi connectivity index (χ1v) is 9.62. The van der Waals surface area contributed by atoms with Gasteiger partial charge in [0.05, 0.1) is 15.6 Å². The largest absolute Gasteiger partial charge is 0.370 e. The molecule has 2 aliphatic heterocycles. The molecule has 7 nitrogen and oxygen atoms in total. The summed E-state index contributed by atoms with van der Waals surface area (Å²) in [5.74, 6) is 2.52. The Bertz CT molecular complexity index is 822. The average molecular weight is 376 g/mol. The molecule has 1 atom stereocenters. The van der Waals surface area contributed by atoms with Crippen molar-refractivity contribution in [2.45, 2.75) is 51.0 Å². The summed E-state index contributed by atoms with van der Waals surface area (Å²) < 4.78 is 2.32. The van der Waals surface area contributed by atoms with Gasteiger partial charge in [0.15, 0.2) is 0 Å². The molecule has 26 heavy (non-hydrogen) atoms. The Kier molecular flexibility index (Phi) is 4.80. The maximum absolute atomic E-state index is 10.9. The second kappa shape index (κ2) is 7.23. The van der Waals surface area contributed by atoms with Gasteiger partial charge in [0.25, 0.3) is 5.69 Å². The lowest BCUT2D eigenvalue weighted by Gasteiger charge is -2.34. The first-order valence-electron chi connectivity index (χ1n) is 9.24. The number of rotatable bonds is 3. The number of fused-ring (bicyclic) bond motifs is 1. The summed E-state index contributed by atoms with van der Waals surface area (Å²) in [5.41, 5.74) is 0.882. The van der Waals surface area contributed by atoms with E-state index in [0.717, 1.165) is 56.2 Å². The quantitative estimate of drug-likeness (QED) is 0.599. The van der Waals surface area contributed by atoms with Gasteiger partial charge >= 0.3 is 0 Å². The molecule has 1 aromatic carbocycles. The van der Waals surface area contributed by atoms with Gasteiger partial charge in [0.1, 0.15) is 11.6 Å². The number of aromatic nitrogens is 3. The van der Waals surface area contributed by atoms with E-state index in [1.165, 1.54) is 31.4 Å². The molecule has 3 heterocycles. The van der Waals surface area contributed by atoms with E-state index in [-0.39, 0.29) is 5.69 Å². The van der Waals surface area contributed by atoms with Crippen molar-refractivity contribution in [3.63, 3.8) is 0 Å². The van der Waals surface area contributed by atoms with Crippen LogP contribution in [0.4, 0.5) is 11.4 Å². The van der Waals surface area contributed by atoms with E-state index in [1.54, 1.807) is 6.07 Å². The zero-order chi connectivity index (χ0) is 18.1. The number of non-ortho nitro benzene ring substituents is 1. The Labute approximate surface area is 157 Å². The third-order valence-electron chi connectivity index (χ3n) is 5.41. The van der Waals surface area contributed by atoms with E-state index in [9.17, 15) is 10.1 Å². The van der Waals surface area contributed by atoms with Gasteiger partial charge in [-0.3, -0.25) is 10.1 Å². The second-order valence-electron chi connectivity index (χ2n) is 7.11. The van der Waals surface area contributed by atoms with Gasteiger partial charge in [0.2, 0.25) is 0 Å². The number of anilines is 1. The molecule has 1 saturated heterocycles. The molecule has 2 aromatic rings. The molecule has 4 rings (SSSR count). The van der Waals surface area contributed by atoms with Crippen molar-refractivity contribution in [2.24, 2.45) is 0 Å². The number of nitrogens with zero attached hydrogens (tertiary/aromatic N) is 5. The van der Waals surface area contributed by atoms with Gasteiger partial charge in [-0.05, 0) is 31.7 Å². The highest BCUT2D eigenvalue weighted by molar-refractivity contribution is 6.33. The number of hydrogen-bond acceptors (Lipinski definition) is 5. The van der Waals surface area contributed by atoms with Gasteiger partial charge in [0, 0.05) is 44.1 Å². The number of hydrogen-bond donors (Lipinski definition) is 0. The molecule has 1 fully saturated rings. The van der Waals surface area contributed by atoms with Gasteiger partial charge in [-0.2, -0.15) is 0 Å². The fraction of sp³-hybridized carbons (Fsp3) is 0.556. The lowest BCUT2D eigenvalue weighted by Crippen LogP contribution is -2.35. The molecular formula is C18H22ClN5O2. The van der Waals surface area contributed by atoms with Crippen LogP contribution in [-0.2, 0) is 13.0 Å². The van der Waals surface area contributed by atoms with Crippen molar-refractivity contribution in [1.82, 2.24) is 14.8 Å². The molecule has 0 spiro atoms. The van der Waals surface area contributed by atoms with E-state index in [2.05, 4.69) is 19.7 Å². The first kappa shape index (κ1) is 17.3. The van der Waals surface area contributed by atoms with Crippen LogP contribution in [0.1, 0.15) is 49.7 Å². The SMILES string of the molecule is O=[N+]([O-])c1ccc(N2CCCC(c3nnc4n3CCCCC4)C2)c(Cl)c1. The Morgan fingerprint density at radius 2 is 2.04 bits per heavy atom. The van der Waals surface area contributed by atoms with E-state index in [1.807, 2.05) is 0 Å². The second-order valence-corrected chi connectivity index (χ2v) is 7.52. The van der Waals surface area contributed by atoms with Gasteiger partial charge in [-0.15, -0.1) is 10.2 Å². The third kappa shape index (κ3) is 3.28. The number of benzene rings is 1. The van der Waals surface area contributed by atoms with Gasteiger partial charge in [-0.1, -0.05) is 18.0 Å². The van der Waals surface area contributed by atoms with Crippen molar-refractivity contribution in [3.8, 4) is 0 Å². The Hall–Kier alpha value is -2.15. The molecule has 1 unspecified atom stereocenters. The van der Waals surface area contributed by atoms with Crippen LogP contribution in [0.3, 0.4) is 0 Å². The average Bonchev–Trinajstić information content (AvgIpc) is 2.90. The fourth-order valence-electron chi connectivity index (χ4n) is 4.08. The van der Waals surface area contributed by atoms with Crippen molar-refractivity contribution >= 4 is 23.0 Å². The molecule has 0 amide bonds. The first-order chi connectivity index (χ1) is 12.6. The normalized spacial score (nSPS) is 20.5. The summed E-state index contributed by atoms with van der Waals surface area (Å²) in [6.45, 7) is 2.72. The molecular weight excluding hydrogens is 354 g/mol. The molecule has 0 radical (unpaired) electrons. The highest BCUT2D eigenvalue weighted by Gasteiger charge is 2.28. The standard InChI is InChI=1S/C18H22ClN5O2/c19-15-11-14(24(25)26)7-8-16(15)22-9-4-5-13(12-22)18-21-20-17-6-2-1-3-10-23(17)18/h7-8,11,13H,1-6,9-10,12H2. The highest BCUT2D eigenvalue weighted by atomic mass is 35.5. The number of nitro benzene ring substituents is 1. The number of nitro groups is 1. The van der Waals surface area contributed by atoms with E-state index in [0.29, 0.717) is 10.9 Å². The molecule has 0 bridgehead atoms. The molecule has 0 N–H and O–H groups in total. The zero-order valence-electron chi connectivity index (χ0n) is 14.6. The number of piperidine rings is 1. The minimum Gasteiger partial charge on any atom is -0.370 e. The van der Waals surface area contributed by atoms with Crippen LogP contribution in [0, 0.1) is 10.1 Å². The Balaban J connectivity index is 1.57. The smallest absolute Gasteiger partial charge is 0.271 e. The molecule has 0 aliphatic carbocycles. The lowest BCUT2D eigenvalue weighted by molar-refractivity contribution is -0.384. The fourth-order valence-corrected chi connectivity index (χ4v) is 4.38. The van der Waals surface area contributed by atoms with Crippen LogP contribution in [0.5, 0.6) is 0 Å². The summed E-state index contributed by atoms with van der Waals surface area (Å²) in [5, 5.41) is 20.3. The van der Waals surface area contributed by atoms with Gasteiger partial charge < -0.3 is 9.47 Å². The summed E-state index contributed by atoms with van der Waals surface area (Å²) >= 11 is 6.34. The maximum atomic E-state index is 10.9. The Morgan fingerprint density at radius 3 is 2.85 bits per heavy atom. The van der Waals surface area contributed by atoms with Crippen molar-refractivity contribution < 1.29 is 4.92 Å². The van der Waals surface area contributed by atoms with Crippen LogP contribution in [0.2, 0.25) is 5.02 Å². The number of halogens is 1. The van der Waals surface area contributed by atoms with Crippen molar-refractivity contribution in [3.05, 3.63) is 45.0 Å². The highest BCUT2D eigenvalue weighted by Crippen LogP contribution is 2.35.